The molecular formula is C7H10N4O. The molecule has 0 N–H and O–H groups in total. The monoisotopic (exact) mass is 166 g/mol. The fourth-order valence-corrected chi connectivity index (χ4v) is 1.58. The maximum atomic E-state index is 8.75. The number of rotatable bonds is 1. The Balaban J connectivity index is 2.03. The van der Waals surface area contributed by atoms with Gasteiger partial charge in [0.05, 0.1) is 0 Å². The third-order valence-electron chi connectivity index (χ3n) is 2.17. The molecule has 2 aliphatic heterocycles. The number of nitrogens with zero attached hydrogens (tertiary/aromatic N) is 4. The Bertz CT molecular complexity index is 234. The van der Waals surface area contributed by atoms with E-state index in [9.17, 15) is 0 Å². The highest BCUT2D eigenvalue weighted by molar-refractivity contribution is 5.47. The van der Waals surface area contributed by atoms with Crippen LogP contribution >= 0.6 is 0 Å². The van der Waals surface area contributed by atoms with Crippen LogP contribution in [0.2, 0.25) is 0 Å². The Labute approximate surface area is 70.8 Å². The van der Waals surface area contributed by atoms with E-state index in [-0.39, 0.29) is 6.17 Å². The molecule has 0 amide bonds. The molecule has 0 aliphatic carbocycles. The van der Waals surface area contributed by atoms with Crippen LogP contribution in [-0.2, 0) is 4.74 Å². The predicted octanol–water partition coefficient (Wildman–Crippen LogP) is 0.122. The smallest absolute Gasteiger partial charge is 0.195 e. The summed E-state index contributed by atoms with van der Waals surface area (Å²) in [6.07, 6.45) is 5.75. The Morgan fingerprint density at radius 1 is 1.67 bits per heavy atom. The van der Waals surface area contributed by atoms with Gasteiger partial charge in [-0.1, -0.05) is 0 Å². The molecule has 1 saturated heterocycles. The SMILES string of the molecule is N#CN1CCCC1N1COC=N1. The first kappa shape index (κ1) is 7.22. The molecule has 1 unspecified atom stereocenters. The molecule has 2 heterocycles. The van der Waals surface area contributed by atoms with Crippen molar-refractivity contribution in [3.63, 3.8) is 0 Å². The van der Waals surface area contributed by atoms with Crippen molar-refractivity contribution in [3.05, 3.63) is 0 Å². The minimum atomic E-state index is 0.119. The molecule has 0 aromatic carbocycles. The van der Waals surface area contributed by atoms with E-state index >= 15 is 0 Å². The molecular weight excluding hydrogens is 156 g/mol. The van der Waals surface area contributed by atoms with E-state index < -0.39 is 0 Å². The number of likely N-dealkylation sites (tertiary alicyclic amines) is 1. The lowest BCUT2D eigenvalue weighted by atomic mass is 10.3. The molecule has 0 aromatic heterocycles. The molecule has 1 atom stereocenters. The zero-order valence-electron chi connectivity index (χ0n) is 6.68. The minimum Gasteiger partial charge on any atom is -0.459 e. The Kier molecular flexibility index (Phi) is 1.74. The van der Waals surface area contributed by atoms with Crippen molar-refractivity contribution in [1.82, 2.24) is 9.91 Å². The Hall–Kier alpha value is -1.44. The van der Waals surface area contributed by atoms with Gasteiger partial charge in [-0.05, 0) is 12.8 Å². The van der Waals surface area contributed by atoms with Crippen molar-refractivity contribution in [2.24, 2.45) is 5.10 Å². The summed E-state index contributed by atoms with van der Waals surface area (Å²) >= 11 is 0. The summed E-state index contributed by atoms with van der Waals surface area (Å²) in [4.78, 5) is 1.74. The maximum Gasteiger partial charge on any atom is 0.195 e. The van der Waals surface area contributed by atoms with Crippen molar-refractivity contribution in [3.8, 4) is 6.19 Å². The van der Waals surface area contributed by atoms with Crippen molar-refractivity contribution in [2.75, 3.05) is 13.3 Å². The van der Waals surface area contributed by atoms with Crippen molar-refractivity contribution >= 4 is 6.40 Å². The number of ether oxygens (including phenoxy) is 1. The van der Waals surface area contributed by atoms with E-state index in [1.165, 1.54) is 6.40 Å². The summed E-state index contributed by atoms with van der Waals surface area (Å²) < 4.78 is 4.96. The molecule has 2 rings (SSSR count). The van der Waals surface area contributed by atoms with Crippen LogP contribution in [-0.4, -0.2) is 35.8 Å². The number of hydrogen-bond donors (Lipinski definition) is 0. The zero-order chi connectivity index (χ0) is 8.39. The zero-order valence-corrected chi connectivity index (χ0v) is 6.68. The van der Waals surface area contributed by atoms with Gasteiger partial charge >= 0.3 is 0 Å². The minimum absolute atomic E-state index is 0.119. The van der Waals surface area contributed by atoms with E-state index in [2.05, 4.69) is 11.3 Å². The lowest BCUT2D eigenvalue weighted by Gasteiger charge is -2.25. The topological polar surface area (TPSA) is 51.9 Å². The summed E-state index contributed by atoms with van der Waals surface area (Å²) in [7, 11) is 0. The van der Waals surface area contributed by atoms with Gasteiger partial charge in [0.1, 0.15) is 6.17 Å². The molecule has 0 bridgehead atoms. The molecule has 64 valence electrons. The molecule has 0 aromatic rings. The second-order valence-electron chi connectivity index (χ2n) is 2.87. The highest BCUT2D eigenvalue weighted by atomic mass is 16.5. The average Bonchev–Trinajstić information content (AvgIpc) is 2.74. The maximum absolute atomic E-state index is 8.75. The second kappa shape index (κ2) is 2.89. The molecule has 5 nitrogen and oxygen atoms in total. The molecule has 5 heteroatoms. The highest BCUT2D eigenvalue weighted by Crippen LogP contribution is 2.20. The second-order valence-corrected chi connectivity index (χ2v) is 2.87. The highest BCUT2D eigenvalue weighted by Gasteiger charge is 2.30. The van der Waals surface area contributed by atoms with Crippen LogP contribution in [0.5, 0.6) is 0 Å². The summed E-state index contributed by atoms with van der Waals surface area (Å²) in [6, 6.07) is 0. The largest absolute Gasteiger partial charge is 0.459 e. The number of hydrogen-bond acceptors (Lipinski definition) is 5. The van der Waals surface area contributed by atoms with Gasteiger partial charge in [-0.3, -0.25) is 4.90 Å². The van der Waals surface area contributed by atoms with Gasteiger partial charge in [0, 0.05) is 6.54 Å². The molecule has 2 aliphatic rings. The molecule has 0 saturated carbocycles. The van der Waals surface area contributed by atoms with Gasteiger partial charge in [0.15, 0.2) is 19.3 Å². The summed E-state index contributed by atoms with van der Waals surface area (Å²) in [5.74, 6) is 0. The van der Waals surface area contributed by atoms with E-state index in [1.54, 1.807) is 9.91 Å². The average molecular weight is 166 g/mol. The van der Waals surface area contributed by atoms with Crippen LogP contribution in [0.3, 0.4) is 0 Å². The van der Waals surface area contributed by atoms with Crippen LogP contribution in [0, 0.1) is 11.5 Å². The van der Waals surface area contributed by atoms with Gasteiger partial charge in [-0.2, -0.15) is 5.26 Å². The Morgan fingerprint density at radius 2 is 2.58 bits per heavy atom. The van der Waals surface area contributed by atoms with Gasteiger partial charge in [0.25, 0.3) is 0 Å². The quantitative estimate of drug-likeness (QED) is 0.519. The fraction of sp³-hybridized carbons (Fsp3) is 0.714. The first-order chi connectivity index (χ1) is 5.92. The van der Waals surface area contributed by atoms with Crippen LogP contribution in [0.1, 0.15) is 12.8 Å². The standard InChI is InChI=1S/C7H10N4O/c8-4-10-3-1-2-7(10)11-6-12-5-9-11/h5,7H,1-3,6H2. The van der Waals surface area contributed by atoms with Crippen molar-refractivity contribution < 1.29 is 4.74 Å². The van der Waals surface area contributed by atoms with Crippen LogP contribution in [0.4, 0.5) is 0 Å². The first-order valence-electron chi connectivity index (χ1n) is 3.99. The predicted molar refractivity (Wildman–Crippen MR) is 41.6 cm³/mol. The molecule has 0 spiro atoms. The first-order valence-corrected chi connectivity index (χ1v) is 3.99. The summed E-state index contributed by atoms with van der Waals surface area (Å²) in [5.41, 5.74) is 0. The van der Waals surface area contributed by atoms with Crippen LogP contribution < -0.4 is 0 Å². The van der Waals surface area contributed by atoms with Crippen molar-refractivity contribution in [1.29, 1.82) is 5.26 Å². The molecule has 1 fully saturated rings. The lowest BCUT2D eigenvalue weighted by Crippen LogP contribution is -2.38. The Morgan fingerprint density at radius 3 is 3.25 bits per heavy atom. The van der Waals surface area contributed by atoms with Gasteiger partial charge in [-0.25, -0.2) is 5.01 Å². The van der Waals surface area contributed by atoms with Gasteiger partial charge < -0.3 is 4.74 Å². The van der Waals surface area contributed by atoms with E-state index in [0.29, 0.717) is 6.73 Å². The summed E-state index contributed by atoms with van der Waals surface area (Å²) in [6.45, 7) is 1.32. The van der Waals surface area contributed by atoms with Crippen LogP contribution in [0.15, 0.2) is 5.10 Å². The fourth-order valence-electron chi connectivity index (χ4n) is 1.58. The molecule has 0 radical (unpaired) electrons. The third kappa shape index (κ3) is 1.05. The van der Waals surface area contributed by atoms with E-state index in [0.717, 1.165) is 19.4 Å². The van der Waals surface area contributed by atoms with Gasteiger partial charge in [0.2, 0.25) is 0 Å². The normalized spacial score (nSPS) is 27.4. The third-order valence-corrected chi connectivity index (χ3v) is 2.17. The summed E-state index contributed by atoms with van der Waals surface area (Å²) in [5, 5.41) is 14.6. The number of nitriles is 1. The van der Waals surface area contributed by atoms with Gasteiger partial charge in [-0.15, -0.1) is 5.10 Å². The van der Waals surface area contributed by atoms with Crippen molar-refractivity contribution in [2.45, 2.75) is 19.0 Å². The van der Waals surface area contributed by atoms with Crippen LogP contribution in [0.25, 0.3) is 0 Å². The lowest BCUT2D eigenvalue weighted by molar-refractivity contribution is 0.0686. The van der Waals surface area contributed by atoms with E-state index in [4.69, 9.17) is 10.00 Å². The van der Waals surface area contributed by atoms with E-state index in [1.807, 2.05) is 0 Å². The molecule has 12 heavy (non-hydrogen) atoms. The number of hydrazone groups is 1.